The van der Waals surface area contributed by atoms with Crippen molar-refractivity contribution in [3.63, 3.8) is 0 Å². The van der Waals surface area contributed by atoms with E-state index in [-0.39, 0.29) is 0 Å². The van der Waals surface area contributed by atoms with Gasteiger partial charge in [0, 0.05) is 25.0 Å². The molecule has 0 amide bonds. The predicted molar refractivity (Wildman–Crippen MR) is 77.6 cm³/mol. The fourth-order valence-electron chi connectivity index (χ4n) is 2.33. The molecule has 3 heterocycles. The molecule has 1 saturated heterocycles. The molecule has 0 spiro atoms. The summed E-state index contributed by atoms with van der Waals surface area (Å²) in [6.07, 6.45) is 2.01. The summed E-state index contributed by atoms with van der Waals surface area (Å²) in [5.74, 6) is 0.571. The summed E-state index contributed by atoms with van der Waals surface area (Å²) in [5, 5.41) is 0. The number of hydrogen-bond acceptors (Lipinski definition) is 3. The Kier molecular flexibility index (Phi) is 3.56. The van der Waals surface area contributed by atoms with Gasteiger partial charge in [0.1, 0.15) is 5.65 Å². The van der Waals surface area contributed by atoms with Gasteiger partial charge < -0.3 is 19.8 Å². The van der Waals surface area contributed by atoms with E-state index in [9.17, 15) is 0 Å². The maximum Gasteiger partial charge on any atom is 0.191 e. The lowest BCUT2D eigenvalue weighted by Crippen LogP contribution is -2.44. The number of fused-ring (bicyclic) bond motifs is 1. The van der Waals surface area contributed by atoms with Crippen molar-refractivity contribution < 1.29 is 4.74 Å². The number of nitrogens with zero attached hydrogens (tertiary/aromatic N) is 4. The second kappa shape index (κ2) is 5.50. The third-order valence-electron chi connectivity index (χ3n) is 3.48. The van der Waals surface area contributed by atoms with Gasteiger partial charge in [-0.25, -0.2) is 9.98 Å². The number of nitrogens with two attached hydrogens (primary N) is 1. The molecule has 6 nitrogen and oxygen atoms in total. The molecule has 3 rings (SSSR count). The van der Waals surface area contributed by atoms with E-state index in [1.54, 1.807) is 0 Å². The minimum absolute atomic E-state index is 0.504. The third-order valence-corrected chi connectivity index (χ3v) is 3.48. The minimum atomic E-state index is 0.504. The van der Waals surface area contributed by atoms with E-state index >= 15 is 0 Å². The first-order valence-electron chi connectivity index (χ1n) is 6.80. The third kappa shape index (κ3) is 2.60. The molecular formula is C14H19N5O. The van der Waals surface area contributed by atoms with Crippen LogP contribution in [-0.2, 0) is 11.3 Å². The zero-order valence-electron chi connectivity index (χ0n) is 11.6. The molecule has 1 aliphatic rings. The van der Waals surface area contributed by atoms with Crippen molar-refractivity contribution in [2.24, 2.45) is 10.7 Å². The highest BCUT2D eigenvalue weighted by molar-refractivity contribution is 5.78. The van der Waals surface area contributed by atoms with Gasteiger partial charge in [0.05, 0.1) is 25.5 Å². The van der Waals surface area contributed by atoms with Crippen molar-refractivity contribution in [1.82, 2.24) is 14.3 Å². The molecule has 0 radical (unpaired) electrons. The van der Waals surface area contributed by atoms with Gasteiger partial charge in [0.15, 0.2) is 5.96 Å². The number of imidazole rings is 1. The highest BCUT2D eigenvalue weighted by atomic mass is 16.5. The fraction of sp³-hybridized carbons (Fsp3) is 0.429. The molecule has 1 fully saturated rings. The van der Waals surface area contributed by atoms with E-state index in [1.807, 2.05) is 23.2 Å². The normalized spacial score (nSPS) is 16.9. The number of rotatable bonds is 2. The molecule has 1 aliphatic heterocycles. The fourth-order valence-corrected chi connectivity index (χ4v) is 2.33. The summed E-state index contributed by atoms with van der Waals surface area (Å²) in [4.78, 5) is 11.0. The lowest BCUT2D eigenvalue weighted by Gasteiger charge is -2.27. The zero-order valence-corrected chi connectivity index (χ0v) is 11.6. The summed E-state index contributed by atoms with van der Waals surface area (Å²) in [6.45, 7) is 5.60. The molecule has 0 bridgehead atoms. The predicted octanol–water partition coefficient (Wildman–Crippen LogP) is 0.790. The van der Waals surface area contributed by atoms with Crippen LogP contribution in [0.3, 0.4) is 0 Å². The van der Waals surface area contributed by atoms with E-state index in [1.165, 1.54) is 0 Å². The SMILES string of the molecule is Cc1cccc2nc(CN=C(N)N3CCOCC3)cn12. The van der Waals surface area contributed by atoms with Crippen molar-refractivity contribution in [1.29, 1.82) is 0 Å². The minimum Gasteiger partial charge on any atom is -0.378 e. The Balaban J connectivity index is 1.74. The van der Waals surface area contributed by atoms with Gasteiger partial charge in [0.2, 0.25) is 0 Å². The highest BCUT2D eigenvalue weighted by Gasteiger charge is 2.12. The van der Waals surface area contributed by atoms with Crippen LogP contribution in [-0.4, -0.2) is 46.5 Å². The van der Waals surface area contributed by atoms with Gasteiger partial charge in [0.25, 0.3) is 0 Å². The second-order valence-electron chi connectivity index (χ2n) is 4.90. The van der Waals surface area contributed by atoms with Crippen LogP contribution in [0.2, 0.25) is 0 Å². The van der Waals surface area contributed by atoms with Gasteiger partial charge in [-0.15, -0.1) is 0 Å². The van der Waals surface area contributed by atoms with Crippen molar-refractivity contribution in [3.8, 4) is 0 Å². The lowest BCUT2D eigenvalue weighted by molar-refractivity contribution is 0.0674. The van der Waals surface area contributed by atoms with Gasteiger partial charge in [-0.3, -0.25) is 0 Å². The number of hydrogen-bond donors (Lipinski definition) is 1. The molecule has 0 aromatic carbocycles. The number of guanidine groups is 1. The van der Waals surface area contributed by atoms with Gasteiger partial charge in [-0.05, 0) is 19.1 Å². The Morgan fingerprint density at radius 2 is 2.20 bits per heavy atom. The summed E-state index contributed by atoms with van der Waals surface area (Å²) >= 11 is 0. The van der Waals surface area contributed by atoms with Crippen LogP contribution in [0.1, 0.15) is 11.4 Å². The number of morpholine rings is 1. The van der Waals surface area contributed by atoms with E-state index in [4.69, 9.17) is 10.5 Å². The molecular weight excluding hydrogens is 254 g/mol. The quantitative estimate of drug-likeness (QED) is 0.649. The van der Waals surface area contributed by atoms with Crippen LogP contribution in [0.4, 0.5) is 0 Å². The molecule has 6 heteroatoms. The maximum atomic E-state index is 6.01. The number of aliphatic imine (C=N–C) groups is 1. The van der Waals surface area contributed by atoms with Crippen LogP contribution < -0.4 is 5.73 Å². The van der Waals surface area contributed by atoms with Crippen LogP contribution >= 0.6 is 0 Å². The number of aromatic nitrogens is 2. The molecule has 2 N–H and O–H groups in total. The Labute approximate surface area is 117 Å². The number of aryl methyl sites for hydroxylation is 1. The average molecular weight is 273 g/mol. The number of pyridine rings is 1. The lowest BCUT2D eigenvalue weighted by atomic mass is 10.4. The summed E-state index contributed by atoms with van der Waals surface area (Å²) in [5.41, 5.74) is 9.04. The van der Waals surface area contributed by atoms with Gasteiger partial charge >= 0.3 is 0 Å². The maximum absolute atomic E-state index is 6.01. The molecule has 2 aromatic rings. The molecule has 20 heavy (non-hydrogen) atoms. The van der Waals surface area contributed by atoms with Crippen LogP contribution in [0.25, 0.3) is 5.65 Å². The summed E-state index contributed by atoms with van der Waals surface area (Å²) in [6, 6.07) is 6.06. The summed E-state index contributed by atoms with van der Waals surface area (Å²) < 4.78 is 7.36. The van der Waals surface area contributed by atoms with Crippen LogP contribution in [0.5, 0.6) is 0 Å². The molecule has 0 saturated carbocycles. The number of ether oxygens (including phenoxy) is 1. The second-order valence-corrected chi connectivity index (χ2v) is 4.90. The van der Waals surface area contributed by atoms with E-state index < -0.39 is 0 Å². The first-order valence-corrected chi connectivity index (χ1v) is 6.80. The van der Waals surface area contributed by atoms with E-state index in [2.05, 4.69) is 27.4 Å². The van der Waals surface area contributed by atoms with Gasteiger partial charge in [-0.1, -0.05) is 6.07 Å². The molecule has 106 valence electrons. The monoisotopic (exact) mass is 273 g/mol. The van der Waals surface area contributed by atoms with E-state index in [0.29, 0.717) is 25.7 Å². The molecule has 0 aliphatic carbocycles. The largest absolute Gasteiger partial charge is 0.378 e. The molecule has 0 atom stereocenters. The smallest absolute Gasteiger partial charge is 0.191 e. The average Bonchev–Trinajstić information content (AvgIpc) is 2.90. The Hall–Kier alpha value is -2.08. The van der Waals surface area contributed by atoms with Crippen molar-refractivity contribution in [2.45, 2.75) is 13.5 Å². The Morgan fingerprint density at radius 1 is 1.40 bits per heavy atom. The van der Waals surface area contributed by atoms with Crippen molar-refractivity contribution in [3.05, 3.63) is 35.8 Å². The molecule has 2 aromatic heterocycles. The Morgan fingerprint density at radius 3 is 2.95 bits per heavy atom. The van der Waals surface area contributed by atoms with Crippen LogP contribution in [0, 0.1) is 6.92 Å². The Bertz CT molecular complexity index is 628. The van der Waals surface area contributed by atoms with Gasteiger partial charge in [-0.2, -0.15) is 0 Å². The zero-order chi connectivity index (χ0) is 13.9. The standard InChI is InChI=1S/C14H19N5O/c1-11-3-2-4-13-17-12(10-19(11)13)9-16-14(15)18-5-7-20-8-6-18/h2-4,10H,5-9H2,1H3,(H2,15,16). The van der Waals surface area contributed by atoms with Crippen molar-refractivity contribution in [2.75, 3.05) is 26.3 Å². The van der Waals surface area contributed by atoms with E-state index in [0.717, 1.165) is 30.1 Å². The van der Waals surface area contributed by atoms with Crippen molar-refractivity contribution >= 4 is 11.6 Å². The topological polar surface area (TPSA) is 68.1 Å². The highest BCUT2D eigenvalue weighted by Crippen LogP contribution is 2.09. The summed E-state index contributed by atoms with van der Waals surface area (Å²) in [7, 11) is 0. The van der Waals surface area contributed by atoms with Crippen LogP contribution in [0.15, 0.2) is 29.4 Å². The first-order chi connectivity index (χ1) is 9.74. The molecule has 0 unspecified atom stereocenters. The first kappa shape index (κ1) is 12.9.